The lowest BCUT2D eigenvalue weighted by Gasteiger charge is -2.17. The van der Waals surface area contributed by atoms with E-state index in [0.29, 0.717) is 6.42 Å². The summed E-state index contributed by atoms with van der Waals surface area (Å²) in [7, 11) is 0. The SMILES string of the molecule is CCCCC[C@H](O)/C=C/[C@H]1CC/C(=N/O)[C@@H]1CCCCCCC(=O)OC(CO[N+](=O)[O-])CO[N+](=O)[O-]. The summed E-state index contributed by atoms with van der Waals surface area (Å²) in [5.74, 6) is -0.290. The van der Waals surface area contributed by atoms with Crippen LogP contribution in [-0.2, 0) is 19.2 Å². The summed E-state index contributed by atoms with van der Waals surface area (Å²) >= 11 is 0. The number of nitrogens with zero attached hydrogens (tertiary/aromatic N) is 3. The van der Waals surface area contributed by atoms with E-state index in [2.05, 4.69) is 27.8 Å². The maximum absolute atomic E-state index is 12.0. The van der Waals surface area contributed by atoms with Crippen molar-refractivity contribution in [1.82, 2.24) is 0 Å². The molecule has 206 valence electrons. The first-order chi connectivity index (χ1) is 17.3. The standard InChI is InChI=1S/C23H39N3O10/c1-2-3-6-9-19(27)14-12-18-13-15-22(24-29)21(18)10-7-4-5-8-11-23(28)36-20(16-34-25(30)31)17-35-26(32)33/h12,14,18-21,27,29H,2-11,13,15-17H2,1H3/b14-12+,24-22-/t18-,19-,21+/m0/s1. The lowest BCUT2D eigenvalue weighted by Crippen LogP contribution is -2.30. The van der Waals surface area contributed by atoms with E-state index in [1.807, 2.05) is 6.08 Å². The van der Waals surface area contributed by atoms with Gasteiger partial charge in [-0.1, -0.05) is 62.8 Å². The number of unbranched alkanes of at least 4 members (excludes halogenated alkanes) is 5. The number of carbonyl (C=O) groups excluding carboxylic acids is 1. The lowest BCUT2D eigenvalue weighted by atomic mass is 9.89. The van der Waals surface area contributed by atoms with Crippen LogP contribution in [0.15, 0.2) is 17.3 Å². The van der Waals surface area contributed by atoms with Gasteiger partial charge in [-0.25, -0.2) is 0 Å². The van der Waals surface area contributed by atoms with Crippen LogP contribution >= 0.6 is 0 Å². The van der Waals surface area contributed by atoms with Gasteiger partial charge in [0, 0.05) is 12.3 Å². The first-order valence-electron chi connectivity index (χ1n) is 12.6. The fourth-order valence-electron chi connectivity index (χ4n) is 4.29. The molecule has 13 nitrogen and oxygen atoms in total. The van der Waals surface area contributed by atoms with Gasteiger partial charge in [-0.2, -0.15) is 0 Å². The molecule has 1 rings (SSSR count). The van der Waals surface area contributed by atoms with Gasteiger partial charge >= 0.3 is 5.97 Å². The van der Waals surface area contributed by atoms with Crippen molar-refractivity contribution in [3.05, 3.63) is 32.4 Å². The third-order valence-electron chi connectivity index (χ3n) is 6.17. The number of carbonyl (C=O) groups is 1. The molecule has 0 aliphatic heterocycles. The summed E-state index contributed by atoms with van der Waals surface area (Å²) < 4.78 is 4.99. The van der Waals surface area contributed by atoms with Gasteiger partial charge in [0.05, 0.1) is 11.8 Å². The monoisotopic (exact) mass is 517 g/mol. The van der Waals surface area contributed by atoms with E-state index in [-0.39, 0.29) is 18.3 Å². The molecule has 1 aliphatic carbocycles. The quantitative estimate of drug-likeness (QED) is 0.0597. The number of rotatable bonds is 20. The Bertz CT molecular complexity index is 713. The predicted octanol–water partition coefficient (Wildman–Crippen LogP) is 4.01. The Labute approximate surface area is 210 Å². The molecule has 3 atom stereocenters. The molecule has 0 aromatic rings. The first-order valence-corrected chi connectivity index (χ1v) is 12.6. The van der Waals surface area contributed by atoms with Gasteiger partial charge in [0.15, 0.2) is 0 Å². The van der Waals surface area contributed by atoms with Crippen molar-refractivity contribution in [2.75, 3.05) is 13.2 Å². The van der Waals surface area contributed by atoms with E-state index >= 15 is 0 Å². The zero-order chi connectivity index (χ0) is 26.8. The Hall–Kier alpha value is -2.96. The molecule has 1 saturated carbocycles. The van der Waals surface area contributed by atoms with E-state index in [1.165, 1.54) is 0 Å². The van der Waals surface area contributed by atoms with E-state index in [0.717, 1.165) is 69.9 Å². The van der Waals surface area contributed by atoms with Gasteiger partial charge in [0.1, 0.15) is 19.3 Å². The molecular weight excluding hydrogens is 478 g/mol. The topological polar surface area (TPSA) is 184 Å². The van der Waals surface area contributed by atoms with Crippen molar-refractivity contribution in [3.63, 3.8) is 0 Å². The highest BCUT2D eigenvalue weighted by Gasteiger charge is 2.31. The van der Waals surface area contributed by atoms with Crippen molar-refractivity contribution in [2.45, 2.75) is 96.2 Å². The molecule has 2 N–H and O–H groups in total. The van der Waals surface area contributed by atoms with Gasteiger partial charge in [0.25, 0.3) is 10.2 Å². The molecule has 1 aliphatic rings. The van der Waals surface area contributed by atoms with Crippen LogP contribution in [0, 0.1) is 32.1 Å². The predicted molar refractivity (Wildman–Crippen MR) is 128 cm³/mol. The number of oxime groups is 1. The summed E-state index contributed by atoms with van der Waals surface area (Å²) in [5.41, 5.74) is 0.786. The van der Waals surface area contributed by atoms with Gasteiger partial charge in [-0.05, 0) is 38.0 Å². The van der Waals surface area contributed by atoms with Crippen molar-refractivity contribution >= 4 is 11.7 Å². The Morgan fingerprint density at radius 3 is 2.39 bits per heavy atom. The second kappa shape index (κ2) is 18.3. The van der Waals surface area contributed by atoms with E-state index < -0.39 is 41.6 Å². The van der Waals surface area contributed by atoms with Crippen LogP contribution in [-0.4, -0.2) is 57.6 Å². The molecule has 0 saturated heterocycles. The van der Waals surface area contributed by atoms with Gasteiger partial charge in [-0.15, -0.1) is 20.2 Å². The van der Waals surface area contributed by atoms with Crippen LogP contribution < -0.4 is 0 Å². The lowest BCUT2D eigenvalue weighted by molar-refractivity contribution is -0.768. The first kappa shape index (κ1) is 31.1. The second-order valence-electron chi connectivity index (χ2n) is 8.95. The molecular formula is C23H39N3O10. The molecule has 36 heavy (non-hydrogen) atoms. The van der Waals surface area contributed by atoms with Gasteiger partial charge in [-0.3, -0.25) is 4.79 Å². The van der Waals surface area contributed by atoms with Gasteiger partial charge < -0.3 is 24.7 Å². The minimum Gasteiger partial charge on any atom is -0.458 e. The third-order valence-corrected chi connectivity index (χ3v) is 6.17. The largest absolute Gasteiger partial charge is 0.458 e. The molecule has 0 bridgehead atoms. The molecule has 0 amide bonds. The minimum atomic E-state index is -1.26. The Morgan fingerprint density at radius 2 is 1.78 bits per heavy atom. The summed E-state index contributed by atoms with van der Waals surface area (Å²) in [6, 6.07) is 0. The van der Waals surface area contributed by atoms with Crippen LogP contribution in [0.2, 0.25) is 0 Å². The van der Waals surface area contributed by atoms with Crippen LogP contribution in [0.25, 0.3) is 0 Å². The van der Waals surface area contributed by atoms with Gasteiger partial charge in [0.2, 0.25) is 0 Å². The summed E-state index contributed by atoms with van der Waals surface area (Å²) in [6.07, 6.45) is 11.6. The zero-order valence-corrected chi connectivity index (χ0v) is 20.9. The maximum Gasteiger partial charge on any atom is 0.306 e. The summed E-state index contributed by atoms with van der Waals surface area (Å²) in [6.45, 7) is 0.806. The normalized spacial score (nSPS) is 19.6. The van der Waals surface area contributed by atoms with Crippen LogP contribution in [0.3, 0.4) is 0 Å². The van der Waals surface area contributed by atoms with E-state index in [9.17, 15) is 35.3 Å². The highest BCUT2D eigenvalue weighted by Crippen LogP contribution is 2.35. The number of hydrogen-bond donors (Lipinski definition) is 2. The highest BCUT2D eigenvalue weighted by atomic mass is 17.0. The van der Waals surface area contributed by atoms with Crippen molar-refractivity contribution < 1.29 is 39.7 Å². The van der Waals surface area contributed by atoms with Crippen molar-refractivity contribution in [2.24, 2.45) is 17.0 Å². The number of hydrogen-bond acceptors (Lipinski definition) is 11. The van der Waals surface area contributed by atoms with Crippen LogP contribution in [0.4, 0.5) is 0 Å². The maximum atomic E-state index is 12.0. The van der Waals surface area contributed by atoms with Crippen LogP contribution in [0.5, 0.6) is 0 Å². The van der Waals surface area contributed by atoms with E-state index in [1.54, 1.807) is 0 Å². The van der Waals surface area contributed by atoms with Crippen molar-refractivity contribution in [3.8, 4) is 0 Å². The fraction of sp³-hybridized carbons (Fsp3) is 0.826. The third kappa shape index (κ3) is 13.8. The molecule has 0 aromatic heterocycles. The molecule has 0 unspecified atom stereocenters. The molecule has 1 fully saturated rings. The minimum absolute atomic E-state index is 0.0570. The van der Waals surface area contributed by atoms with Crippen molar-refractivity contribution in [1.29, 1.82) is 0 Å². The Kier molecular flexibility index (Phi) is 15.8. The summed E-state index contributed by atoms with van der Waals surface area (Å²) in [5, 5.41) is 41.4. The number of esters is 1. The number of allylic oxidation sites excluding steroid dienone is 1. The molecule has 0 radical (unpaired) electrons. The Morgan fingerprint density at radius 1 is 1.11 bits per heavy atom. The molecule has 0 heterocycles. The average Bonchev–Trinajstić information content (AvgIpc) is 3.23. The fourth-order valence-corrected chi connectivity index (χ4v) is 4.29. The average molecular weight is 518 g/mol. The Balaban J connectivity index is 2.35. The number of aliphatic hydroxyl groups is 1. The zero-order valence-electron chi connectivity index (χ0n) is 20.9. The van der Waals surface area contributed by atoms with Crippen LogP contribution in [0.1, 0.15) is 84.0 Å². The second-order valence-corrected chi connectivity index (χ2v) is 8.95. The number of aliphatic hydroxyl groups excluding tert-OH is 1. The summed E-state index contributed by atoms with van der Waals surface area (Å²) in [4.78, 5) is 40.8. The highest BCUT2D eigenvalue weighted by molar-refractivity contribution is 5.88. The molecule has 0 spiro atoms. The smallest absolute Gasteiger partial charge is 0.306 e. The van der Waals surface area contributed by atoms with E-state index in [4.69, 9.17) is 4.74 Å². The number of ether oxygens (including phenoxy) is 1. The molecule has 0 aromatic carbocycles. The molecule has 13 heteroatoms.